The predicted molar refractivity (Wildman–Crippen MR) is 98.9 cm³/mol. The number of hydrogen-bond donors (Lipinski definition) is 0. The lowest BCUT2D eigenvalue weighted by Crippen LogP contribution is -2.19. The van der Waals surface area contributed by atoms with Gasteiger partial charge in [0.1, 0.15) is 17.9 Å². The van der Waals surface area contributed by atoms with E-state index < -0.39 is 11.7 Å². The average molecular weight is 389 g/mol. The molecule has 5 nitrogen and oxygen atoms in total. The van der Waals surface area contributed by atoms with E-state index >= 15 is 0 Å². The van der Waals surface area contributed by atoms with E-state index in [4.69, 9.17) is 9.47 Å². The Bertz CT molecular complexity index is 933. The van der Waals surface area contributed by atoms with E-state index in [1.165, 1.54) is 19.1 Å². The van der Waals surface area contributed by atoms with Gasteiger partial charge < -0.3 is 14.4 Å². The largest absolute Gasteiger partial charge is 0.497 e. The van der Waals surface area contributed by atoms with Crippen molar-refractivity contribution in [2.24, 2.45) is 0 Å². The number of anilines is 2. The second kappa shape index (κ2) is 8.16. The monoisotopic (exact) mass is 389 g/mol. The summed E-state index contributed by atoms with van der Waals surface area (Å²) in [5.74, 6) is 0.214. The van der Waals surface area contributed by atoms with Gasteiger partial charge in [0, 0.05) is 25.0 Å². The summed E-state index contributed by atoms with van der Waals surface area (Å²) in [6.07, 6.45) is -3.88. The zero-order chi connectivity index (χ0) is 20.1. The fraction of sp³-hybridized carbons (Fsp3) is 0.200. The lowest BCUT2D eigenvalue weighted by atomic mass is 10.2. The van der Waals surface area contributed by atoms with Crippen LogP contribution in [0.1, 0.15) is 11.1 Å². The van der Waals surface area contributed by atoms with Crippen LogP contribution in [0.25, 0.3) is 0 Å². The summed E-state index contributed by atoms with van der Waals surface area (Å²) in [6, 6.07) is 15.8. The number of nitrogens with zero attached hydrogens (tertiary/aromatic N) is 3. The third-order valence-corrected chi connectivity index (χ3v) is 4.02. The van der Waals surface area contributed by atoms with Crippen LogP contribution in [0.15, 0.2) is 60.8 Å². The van der Waals surface area contributed by atoms with Crippen LogP contribution in [0.5, 0.6) is 11.8 Å². The molecule has 0 radical (unpaired) electrons. The van der Waals surface area contributed by atoms with E-state index in [2.05, 4.69) is 9.97 Å². The number of methoxy groups -OCH3 is 1. The molecule has 0 saturated heterocycles. The molecule has 0 aliphatic heterocycles. The van der Waals surface area contributed by atoms with Gasteiger partial charge in [0.25, 0.3) is 0 Å². The third-order valence-electron chi connectivity index (χ3n) is 4.02. The molecule has 146 valence electrons. The van der Waals surface area contributed by atoms with Crippen LogP contribution in [0, 0.1) is 0 Å². The standard InChI is InChI=1S/C20H18F3N3O2/c1-26(15-9-6-10-16(11-15)27-2)18-17(20(21,22)23)12-24-19(25-18)28-13-14-7-4-3-5-8-14/h3-12H,13H2,1-2H3. The number of alkyl halides is 3. The summed E-state index contributed by atoms with van der Waals surface area (Å²) in [5, 5.41) is 0. The highest BCUT2D eigenvalue weighted by molar-refractivity contribution is 5.64. The first-order chi connectivity index (χ1) is 13.4. The SMILES string of the molecule is COc1cccc(N(C)c2nc(OCc3ccccc3)ncc2C(F)(F)F)c1. The van der Waals surface area contributed by atoms with Crippen LogP contribution in [-0.4, -0.2) is 24.1 Å². The summed E-state index contributed by atoms with van der Waals surface area (Å²) in [7, 11) is 2.98. The molecule has 0 saturated carbocycles. The van der Waals surface area contributed by atoms with Gasteiger partial charge in [0.2, 0.25) is 0 Å². The molecule has 1 aromatic heterocycles. The van der Waals surface area contributed by atoms with Crippen molar-refractivity contribution in [3.05, 3.63) is 71.9 Å². The highest BCUT2D eigenvalue weighted by Gasteiger charge is 2.36. The average Bonchev–Trinajstić information content (AvgIpc) is 2.71. The van der Waals surface area contributed by atoms with Crippen LogP contribution in [0.2, 0.25) is 0 Å². The van der Waals surface area contributed by atoms with E-state index in [-0.39, 0.29) is 18.4 Å². The number of benzene rings is 2. The van der Waals surface area contributed by atoms with Crippen molar-refractivity contribution in [2.45, 2.75) is 12.8 Å². The summed E-state index contributed by atoms with van der Waals surface area (Å²) >= 11 is 0. The molecule has 28 heavy (non-hydrogen) atoms. The van der Waals surface area contributed by atoms with Crippen molar-refractivity contribution in [1.29, 1.82) is 0 Å². The highest BCUT2D eigenvalue weighted by Crippen LogP contribution is 2.38. The Balaban J connectivity index is 1.94. The molecule has 0 amide bonds. The van der Waals surface area contributed by atoms with Crippen LogP contribution >= 0.6 is 0 Å². The number of rotatable bonds is 6. The lowest BCUT2D eigenvalue weighted by Gasteiger charge is -2.23. The van der Waals surface area contributed by atoms with Crippen molar-refractivity contribution in [2.75, 3.05) is 19.1 Å². The number of halogens is 3. The zero-order valence-corrected chi connectivity index (χ0v) is 15.3. The first-order valence-corrected chi connectivity index (χ1v) is 8.37. The normalized spacial score (nSPS) is 11.2. The number of hydrogen-bond acceptors (Lipinski definition) is 5. The minimum Gasteiger partial charge on any atom is -0.497 e. The van der Waals surface area contributed by atoms with Crippen molar-refractivity contribution in [1.82, 2.24) is 9.97 Å². The van der Waals surface area contributed by atoms with Gasteiger partial charge in [0.15, 0.2) is 5.82 Å². The summed E-state index contributed by atoms with van der Waals surface area (Å²) in [6.45, 7) is 0.147. The smallest absolute Gasteiger partial charge is 0.421 e. The molecular weight excluding hydrogens is 371 g/mol. The van der Waals surface area contributed by atoms with Gasteiger partial charge in [-0.2, -0.15) is 18.2 Å². The Morgan fingerprint density at radius 3 is 2.46 bits per heavy atom. The van der Waals surface area contributed by atoms with Crippen molar-refractivity contribution >= 4 is 11.5 Å². The van der Waals surface area contributed by atoms with E-state index in [0.29, 0.717) is 11.4 Å². The third kappa shape index (κ3) is 4.51. The molecule has 0 aliphatic rings. The molecule has 3 rings (SSSR count). The summed E-state index contributed by atoms with van der Waals surface area (Å²) < 4.78 is 51.1. The molecule has 0 bridgehead atoms. The topological polar surface area (TPSA) is 47.5 Å². The van der Waals surface area contributed by atoms with Crippen LogP contribution < -0.4 is 14.4 Å². The molecular formula is C20H18F3N3O2. The van der Waals surface area contributed by atoms with Crippen molar-refractivity contribution in [3.8, 4) is 11.8 Å². The van der Waals surface area contributed by atoms with Crippen LogP contribution in [0.4, 0.5) is 24.7 Å². The highest BCUT2D eigenvalue weighted by atomic mass is 19.4. The van der Waals surface area contributed by atoms with Crippen LogP contribution in [-0.2, 0) is 12.8 Å². The molecule has 0 atom stereocenters. The Hall–Kier alpha value is -3.29. The first kappa shape index (κ1) is 19.5. The minimum absolute atomic E-state index is 0.137. The van der Waals surface area contributed by atoms with E-state index in [9.17, 15) is 13.2 Å². The number of aromatic nitrogens is 2. The fourth-order valence-electron chi connectivity index (χ4n) is 2.55. The molecule has 0 unspecified atom stereocenters. The van der Waals surface area contributed by atoms with E-state index in [1.807, 2.05) is 30.3 Å². The summed E-state index contributed by atoms with van der Waals surface area (Å²) in [4.78, 5) is 9.07. The molecule has 2 aromatic carbocycles. The molecule has 3 aromatic rings. The minimum atomic E-state index is -4.61. The zero-order valence-electron chi connectivity index (χ0n) is 15.3. The first-order valence-electron chi connectivity index (χ1n) is 8.37. The molecule has 0 spiro atoms. The Kier molecular flexibility index (Phi) is 5.67. The fourth-order valence-corrected chi connectivity index (χ4v) is 2.55. The quantitative estimate of drug-likeness (QED) is 0.603. The molecule has 0 fully saturated rings. The van der Waals surface area contributed by atoms with E-state index in [1.54, 1.807) is 24.3 Å². The van der Waals surface area contributed by atoms with Crippen LogP contribution in [0.3, 0.4) is 0 Å². The van der Waals surface area contributed by atoms with Gasteiger partial charge in [-0.25, -0.2) is 4.98 Å². The maximum atomic E-state index is 13.5. The van der Waals surface area contributed by atoms with Gasteiger partial charge in [-0.05, 0) is 17.7 Å². The van der Waals surface area contributed by atoms with E-state index in [0.717, 1.165) is 11.8 Å². The second-order valence-electron chi connectivity index (χ2n) is 5.92. The maximum Gasteiger partial charge on any atom is 0.421 e. The Morgan fingerprint density at radius 2 is 1.79 bits per heavy atom. The van der Waals surface area contributed by atoms with Crippen molar-refractivity contribution < 1.29 is 22.6 Å². The molecule has 8 heteroatoms. The van der Waals surface area contributed by atoms with Crippen molar-refractivity contribution in [3.63, 3.8) is 0 Å². The predicted octanol–water partition coefficient (Wildman–Crippen LogP) is 4.85. The van der Waals surface area contributed by atoms with Gasteiger partial charge in [-0.3, -0.25) is 0 Å². The molecule has 0 aliphatic carbocycles. The number of ether oxygens (including phenoxy) is 2. The Labute approximate surface area is 160 Å². The molecule has 1 heterocycles. The summed E-state index contributed by atoms with van der Waals surface area (Å²) in [5.41, 5.74) is 0.385. The van der Waals surface area contributed by atoms with Gasteiger partial charge in [0.05, 0.1) is 7.11 Å². The van der Waals surface area contributed by atoms with Gasteiger partial charge >= 0.3 is 12.2 Å². The lowest BCUT2D eigenvalue weighted by molar-refractivity contribution is -0.137. The van der Waals surface area contributed by atoms with Gasteiger partial charge in [-0.15, -0.1) is 0 Å². The maximum absolute atomic E-state index is 13.5. The Morgan fingerprint density at radius 1 is 1.04 bits per heavy atom. The molecule has 0 N–H and O–H groups in total. The second-order valence-corrected chi connectivity index (χ2v) is 5.92. The van der Waals surface area contributed by atoms with Gasteiger partial charge in [-0.1, -0.05) is 36.4 Å².